The van der Waals surface area contributed by atoms with Crippen LogP contribution < -0.4 is 4.74 Å². The maximum Gasteiger partial charge on any atom is 0.144 e. The van der Waals surface area contributed by atoms with E-state index in [9.17, 15) is 0 Å². The zero-order chi connectivity index (χ0) is 11.1. The molecule has 15 heavy (non-hydrogen) atoms. The van der Waals surface area contributed by atoms with Crippen LogP contribution in [0.2, 0.25) is 0 Å². The van der Waals surface area contributed by atoms with Crippen molar-refractivity contribution >= 4 is 11.0 Å². The average molecular weight is 204 g/mol. The highest BCUT2D eigenvalue weighted by atomic mass is 16.5. The monoisotopic (exact) mass is 204 g/mol. The van der Waals surface area contributed by atoms with Gasteiger partial charge in [0.25, 0.3) is 0 Å². The molecule has 0 aliphatic heterocycles. The van der Waals surface area contributed by atoms with Crippen LogP contribution in [0.4, 0.5) is 0 Å². The molecule has 2 aromatic rings. The molecule has 0 amide bonds. The Bertz CT molecular complexity index is 480. The van der Waals surface area contributed by atoms with E-state index in [1.807, 2.05) is 12.1 Å². The number of hydrogen-bond donors (Lipinski definition) is 0. The van der Waals surface area contributed by atoms with Crippen molar-refractivity contribution in [3.05, 3.63) is 24.5 Å². The molecule has 3 heteroatoms. The van der Waals surface area contributed by atoms with Crippen LogP contribution in [0.15, 0.2) is 24.5 Å². The van der Waals surface area contributed by atoms with Crippen molar-refractivity contribution in [2.24, 2.45) is 0 Å². The van der Waals surface area contributed by atoms with Crippen molar-refractivity contribution in [2.45, 2.75) is 26.3 Å². The van der Waals surface area contributed by atoms with Crippen molar-refractivity contribution in [3.8, 4) is 5.75 Å². The Balaban J connectivity index is 2.72. The van der Waals surface area contributed by atoms with Crippen LogP contribution in [-0.4, -0.2) is 16.7 Å². The van der Waals surface area contributed by atoms with E-state index in [0.29, 0.717) is 0 Å². The molecule has 0 saturated carbocycles. The number of fused-ring (bicyclic) bond motifs is 1. The van der Waals surface area contributed by atoms with Gasteiger partial charge in [-0.25, -0.2) is 4.98 Å². The summed E-state index contributed by atoms with van der Waals surface area (Å²) >= 11 is 0. The molecular formula is C12H16N2O. The third-order valence-electron chi connectivity index (χ3n) is 2.49. The van der Waals surface area contributed by atoms with Crippen LogP contribution in [0.25, 0.3) is 11.0 Å². The summed E-state index contributed by atoms with van der Waals surface area (Å²) in [6.45, 7) is 6.48. The second-order valence-electron chi connectivity index (χ2n) is 4.61. The third-order valence-corrected chi connectivity index (χ3v) is 2.49. The predicted octanol–water partition coefficient (Wildman–Crippen LogP) is 2.80. The number of ether oxygens (including phenoxy) is 1. The summed E-state index contributed by atoms with van der Waals surface area (Å²) in [5.74, 6) is 0.878. The summed E-state index contributed by atoms with van der Waals surface area (Å²) in [5, 5.41) is 1.06. The summed E-state index contributed by atoms with van der Waals surface area (Å²) in [5.41, 5.74) is 1.02. The number of aromatic nitrogens is 2. The van der Waals surface area contributed by atoms with E-state index in [-0.39, 0.29) is 5.54 Å². The molecule has 0 saturated heterocycles. The van der Waals surface area contributed by atoms with Gasteiger partial charge in [0.05, 0.1) is 12.5 Å². The Labute approximate surface area is 89.7 Å². The van der Waals surface area contributed by atoms with Crippen LogP contribution in [-0.2, 0) is 5.54 Å². The van der Waals surface area contributed by atoms with Crippen LogP contribution >= 0.6 is 0 Å². The summed E-state index contributed by atoms with van der Waals surface area (Å²) in [6.07, 6.45) is 3.84. The van der Waals surface area contributed by atoms with Gasteiger partial charge in [-0.2, -0.15) is 0 Å². The third kappa shape index (κ3) is 1.58. The minimum Gasteiger partial charge on any atom is -0.496 e. The van der Waals surface area contributed by atoms with Crippen molar-refractivity contribution in [1.82, 2.24) is 9.55 Å². The van der Waals surface area contributed by atoms with Gasteiger partial charge in [0.15, 0.2) is 0 Å². The van der Waals surface area contributed by atoms with E-state index < -0.39 is 0 Å². The van der Waals surface area contributed by atoms with Gasteiger partial charge in [-0.1, -0.05) is 0 Å². The fourth-order valence-corrected chi connectivity index (χ4v) is 1.73. The lowest BCUT2D eigenvalue weighted by atomic mass is 10.1. The van der Waals surface area contributed by atoms with Gasteiger partial charge in [-0.3, -0.25) is 0 Å². The quantitative estimate of drug-likeness (QED) is 0.714. The number of nitrogens with zero attached hydrogens (tertiary/aromatic N) is 2. The second-order valence-corrected chi connectivity index (χ2v) is 4.61. The molecule has 3 nitrogen and oxygen atoms in total. The van der Waals surface area contributed by atoms with E-state index in [1.165, 1.54) is 0 Å². The molecule has 0 aliphatic carbocycles. The first-order valence-electron chi connectivity index (χ1n) is 5.04. The van der Waals surface area contributed by atoms with E-state index in [1.54, 1.807) is 13.3 Å². The van der Waals surface area contributed by atoms with Gasteiger partial charge in [0.2, 0.25) is 0 Å². The average Bonchev–Trinajstić information content (AvgIpc) is 2.59. The molecule has 0 atom stereocenters. The topological polar surface area (TPSA) is 27.1 Å². The smallest absolute Gasteiger partial charge is 0.144 e. The van der Waals surface area contributed by atoms with Crippen LogP contribution in [0.1, 0.15) is 20.8 Å². The molecule has 0 radical (unpaired) electrons. The highest BCUT2D eigenvalue weighted by Crippen LogP contribution is 2.28. The number of methoxy groups -OCH3 is 1. The van der Waals surface area contributed by atoms with Crippen molar-refractivity contribution in [3.63, 3.8) is 0 Å². The highest BCUT2D eigenvalue weighted by molar-refractivity contribution is 5.83. The van der Waals surface area contributed by atoms with Crippen LogP contribution in [0, 0.1) is 0 Å². The Morgan fingerprint density at radius 2 is 2.00 bits per heavy atom. The first-order valence-corrected chi connectivity index (χ1v) is 5.04. The molecule has 80 valence electrons. The molecule has 0 aliphatic rings. The van der Waals surface area contributed by atoms with Crippen molar-refractivity contribution < 1.29 is 4.74 Å². The maximum absolute atomic E-state index is 5.30. The van der Waals surface area contributed by atoms with Gasteiger partial charge in [-0.15, -0.1) is 0 Å². The Hall–Kier alpha value is -1.51. The molecule has 0 spiro atoms. The molecule has 0 N–H and O–H groups in total. The molecule has 0 bridgehead atoms. The van der Waals surface area contributed by atoms with Gasteiger partial charge in [-0.05, 0) is 32.9 Å². The Morgan fingerprint density at radius 1 is 1.27 bits per heavy atom. The summed E-state index contributed by atoms with van der Waals surface area (Å²) in [6, 6.07) is 3.93. The fraction of sp³-hybridized carbons (Fsp3) is 0.417. The van der Waals surface area contributed by atoms with Gasteiger partial charge >= 0.3 is 0 Å². The molecular weight excluding hydrogens is 188 g/mol. The number of pyridine rings is 1. The Kier molecular flexibility index (Phi) is 2.18. The lowest BCUT2D eigenvalue weighted by Gasteiger charge is -2.21. The van der Waals surface area contributed by atoms with Crippen molar-refractivity contribution in [2.75, 3.05) is 7.11 Å². The largest absolute Gasteiger partial charge is 0.496 e. The zero-order valence-corrected chi connectivity index (χ0v) is 9.61. The molecule has 2 heterocycles. The van der Waals surface area contributed by atoms with E-state index >= 15 is 0 Å². The van der Waals surface area contributed by atoms with E-state index in [0.717, 1.165) is 16.8 Å². The normalized spacial score (nSPS) is 12.0. The molecule has 0 unspecified atom stereocenters. The fourth-order valence-electron chi connectivity index (χ4n) is 1.73. The minimum atomic E-state index is 0.0428. The maximum atomic E-state index is 5.30. The Morgan fingerprint density at radius 3 is 2.60 bits per heavy atom. The standard InChI is InChI=1S/C12H16N2O/c1-12(2,3)14-8-6-9-10(15-4)5-7-13-11(9)14/h5-8H,1-4H3. The minimum absolute atomic E-state index is 0.0428. The van der Waals surface area contributed by atoms with E-state index in [2.05, 4.69) is 36.5 Å². The molecule has 0 aromatic carbocycles. The lowest BCUT2D eigenvalue weighted by molar-refractivity contribution is 0.406. The number of rotatable bonds is 1. The molecule has 2 aromatic heterocycles. The second kappa shape index (κ2) is 3.26. The lowest BCUT2D eigenvalue weighted by Crippen LogP contribution is -2.20. The summed E-state index contributed by atoms with van der Waals surface area (Å²) in [4.78, 5) is 4.40. The molecule has 0 fully saturated rings. The zero-order valence-electron chi connectivity index (χ0n) is 9.61. The first kappa shape index (κ1) is 10.0. The van der Waals surface area contributed by atoms with Gasteiger partial charge in [0, 0.05) is 17.9 Å². The SMILES string of the molecule is COc1ccnc2c1ccn2C(C)(C)C. The van der Waals surface area contributed by atoms with Gasteiger partial charge in [0.1, 0.15) is 11.4 Å². The first-order chi connectivity index (χ1) is 7.04. The number of hydrogen-bond acceptors (Lipinski definition) is 2. The summed E-state index contributed by atoms with van der Waals surface area (Å²) in [7, 11) is 1.68. The predicted molar refractivity (Wildman–Crippen MR) is 61.3 cm³/mol. The van der Waals surface area contributed by atoms with Crippen LogP contribution in [0.5, 0.6) is 5.75 Å². The van der Waals surface area contributed by atoms with Gasteiger partial charge < -0.3 is 9.30 Å². The summed E-state index contributed by atoms with van der Waals surface area (Å²) < 4.78 is 7.46. The highest BCUT2D eigenvalue weighted by Gasteiger charge is 2.17. The van der Waals surface area contributed by atoms with E-state index in [4.69, 9.17) is 4.74 Å². The van der Waals surface area contributed by atoms with Crippen LogP contribution in [0.3, 0.4) is 0 Å². The molecule has 2 rings (SSSR count). The van der Waals surface area contributed by atoms with Crippen molar-refractivity contribution in [1.29, 1.82) is 0 Å².